The maximum atomic E-state index is 13.2. The van der Waals surface area contributed by atoms with Gasteiger partial charge >= 0.3 is 0 Å². The topological polar surface area (TPSA) is 67.2 Å². The van der Waals surface area contributed by atoms with Gasteiger partial charge in [0.25, 0.3) is 0 Å². The van der Waals surface area contributed by atoms with Gasteiger partial charge in [0.2, 0.25) is 15.0 Å². The maximum absolute atomic E-state index is 13.2. The van der Waals surface area contributed by atoms with E-state index in [9.17, 15) is 8.42 Å². The number of nitrogens with zero attached hydrogens (tertiary/aromatic N) is 3. The standard InChI is InChI=1S/C21H29ClN4O2S2/c1-5-10-25(20(29)23-6-2)14-19-12-24-21(26(19)13-16(3)4)30(27,28)15-17-8-7-9-18(22)11-17/h5,7-9,11-12,16H,1,6,10,13-15H2,2-4H3,(H,23,29). The molecule has 0 bridgehead atoms. The largest absolute Gasteiger partial charge is 0.363 e. The Labute approximate surface area is 189 Å². The molecule has 9 heteroatoms. The Morgan fingerprint density at radius 2 is 2.17 bits per heavy atom. The fourth-order valence-electron chi connectivity index (χ4n) is 3.07. The number of nitrogens with one attached hydrogen (secondary N) is 1. The summed E-state index contributed by atoms with van der Waals surface area (Å²) >= 11 is 11.5. The Kier molecular flexibility index (Phi) is 8.88. The van der Waals surface area contributed by atoms with E-state index in [1.807, 2.05) is 25.7 Å². The first-order valence-corrected chi connectivity index (χ1v) is 12.3. The van der Waals surface area contributed by atoms with Crippen LogP contribution >= 0.6 is 23.8 Å². The summed E-state index contributed by atoms with van der Waals surface area (Å²) in [5, 5.41) is 4.30. The zero-order valence-electron chi connectivity index (χ0n) is 17.6. The Balaban J connectivity index is 2.40. The Morgan fingerprint density at radius 1 is 1.43 bits per heavy atom. The molecule has 0 unspecified atom stereocenters. The van der Waals surface area contributed by atoms with Gasteiger partial charge in [-0.3, -0.25) is 0 Å². The molecule has 1 aromatic heterocycles. The van der Waals surface area contributed by atoms with Crippen molar-refractivity contribution in [2.75, 3.05) is 13.1 Å². The number of aromatic nitrogens is 2. The third kappa shape index (κ3) is 6.55. The highest BCUT2D eigenvalue weighted by molar-refractivity contribution is 7.90. The second-order valence-electron chi connectivity index (χ2n) is 7.43. The molecule has 1 aromatic carbocycles. The van der Waals surface area contributed by atoms with Gasteiger partial charge in [0.05, 0.1) is 24.2 Å². The number of sulfone groups is 1. The van der Waals surface area contributed by atoms with Crippen molar-refractivity contribution in [1.29, 1.82) is 0 Å². The first-order valence-electron chi connectivity index (χ1n) is 9.83. The van der Waals surface area contributed by atoms with Gasteiger partial charge in [0.1, 0.15) is 0 Å². The molecule has 0 amide bonds. The second-order valence-corrected chi connectivity index (χ2v) is 10.1. The fourth-order valence-corrected chi connectivity index (χ4v) is 5.06. The lowest BCUT2D eigenvalue weighted by Crippen LogP contribution is -2.39. The zero-order chi connectivity index (χ0) is 22.3. The first-order chi connectivity index (χ1) is 14.2. The third-order valence-corrected chi connectivity index (χ3v) is 6.52. The quantitative estimate of drug-likeness (QED) is 0.419. The van der Waals surface area contributed by atoms with Gasteiger partial charge in [-0.05, 0) is 42.8 Å². The summed E-state index contributed by atoms with van der Waals surface area (Å²) in [5.41, 5.74) is 1.42. The molecule has 0 aliphatic heterocycles. The van der Waals surface area contributed by atoms with Gasteiger partial charge in [0, 0.05) is 24.7 Å². The molecular weight excluding hydrogens is 440 g/mol. The first kappa shape index (κ1) is 24.4. The number of hydrogen-bond donors (Lipinski definition) is 1. The van der Waals surface area contributed by atoms with E-state index in [1.54, 1.807) is 41.1 Å². The van der Waals surface area contributed by atoms with Crippen LogP contribution < -0.4 is 5.32 Å². The molecule has 164 valence electrons. The number of halogens is 1. The van der Waals surface area contributed by atoms with Crippen LogP contribution in [0.2, 0.25) is 5.02 Å². The molecule has 0 saturated carbocycles. The average Bonchev–Trinajstić information content (AvgIpc) is 3.04. The highest BCUT2D eigenvalue weighted by atomic mass is 35.5. The second kappa shape index (κ2) is 10.9. The van der Waals surface area contributed by atoms with E-state index in [0.717, 1.165) is 5.69 Å². The van der Waals surface area contributed by atoms with E-state index >= 15 is 0 Å². The van der Waals surface area contributed by atoms with Gasteiger partial charge in [-0.15, -0.1) is 6.58 Å². The lowest BCUT2D eigenvalue weighted by Gasteiger charge is -2.25. The lowest BCUT2D eigenvalue weighted by molar-refractivity contribution is 0.406. The van der Waals surface area contributed by atoms with E-state index < -0.39 is 9.84 Å². The molecule has 0 atom stereocenters. The summed E-state index contributed by atoms with van der Waals surface area (Å²) in [6.07, 6.45) is 3.39. The number of imidazole rings is 1. The number of thiocarbonyl (C=S) groups is 1. The monoisotopic (exact) mass is 468 g/mol. The molecule has 0 saturated heterocycles. The summed E-state index contributed by atoms with van der Waals surface area (Å²) in [6.45, 7) is 12.1. The molecule has 0 radical (unpaired) electrons. The van der Waals surface area contributed by atoms with E-state index in [1.165, 1.54) is 0 Å². The van der Waals surface area contributed by atoms with Crippen molar-refractivity contribution in [2.24, 2.45) is 5.92 Å². The van der Waals surface area contributed by atoms with Crippen molar-refractivity contribution >= 4 is 38.8 Å². The van der Waals surface area contributed by atoms with Crippen LogP contribution in [0.15, 0.2) is 48.3 Å². The van der Waals surface area contributed by atoms with E-state index in [4.69, 9.17) is 23.8 Å². The van der Waals surface area contributed by atoms with Crippen LogP contribution in [0.4, 0.5) is 0 Å². The molecule has 0 spiro atoms. The Hall–Kier alpha value is -1.90. The molecule has 0 aliphatic rings. The van der Waals surface area contributed by atoms with Gasteiger partial charge in [-0.1, -0.05) is 43.7 Å². The highest BCUT2D eigenvalue weighted by Gasteiger charge is 2.25. The van der Waals surface area contributed by atoms with Gasteiger partial charge < -0.3 is 14.8 Å². The van der Waals surface area contributed by atoms with E-state index in [-0.39, 0.29) is 16.8 Å². The summed E-state index contributed by atoms with van der Waals surface area (Å²) in [6, 6.07) is 6.88. The van der Waals surface area contributed by atoms with Crippen LogP contribution in [0.5, 0.6) is 0 Å². The summed E-state index contributed by atoms with van der Waals surface area (Å²) in [4.78, 5) is 6.24. The van der Waals surface area contributed by atoms with Gasteiger partial charge in [-0.25, -0.2) is 13.4 Å². The third-order valence-electron chi connectivity index (χ3n) is 4.29. The lowest BCUT2D eigenvalue weighted by atomic mass is 10.2. The number of hydrogen-bond acceptors (Lipinski definition) is 4. The maximum Gasteiger partial charge on any atom is 0.228 e. The van der Waals surface area contributed by atoms with Crippen LogP contribution in [0, 0.1) is 5.92 Å². The van der Waals surface area contributed by atoms with Crippen LogP contribution in [0.25, 0.3) is 0 Å². The van der Waals surface area contributed by atoms with Gasteiger partial charge in [-0.2, -0.15) is 0 Å². The van der Waals surface area contributed by atoms with Crippen molar-refractivity contribution in [3.63, 3.8) is 0 Å². The van der Waals surface area contributed by atoms with Crippen molar-refractivity contribution in [3.8, 4) is 0 Å². The summed E-state index contributed by atoms with van der Waals surface area (Å²) < 4.78 is 28.2. The smallest absolute Gasteiger partial charge is 0.228 e. The molecule has 0 aliphatic carbocycles. The minimum Gasteiger partial charge on any atom is -0.363 e. The Morgan fingerprint density at radius 3 is 2.77 bits per heavy atom. The van der Waals surface area contributed by atoms with Crippen LogP contribution in [0.1, 0.15) is 32.0 Å². The van der Waals surface area contributed by atoms with E-state index in [0.29, 0.717) is 41.9 Å². The van der Waals surface area contributed by atoms with Crippen LogP contribution in [-0.4, -0.2) is 41.1 Å². The normalized spacial score (nSPS) is 11.5. The molecule has 1 heterocycles. The number of benzene rings is 1. The summed E-state index contributed by atoms with van der Waals surface area (Å²) in [7, 11) is -3.66. The molecule has 2 aromatic rings. The molecule has 30 heavy (non-hydrogen) atoms. The Bertz CT molecular complexity index is 987. The highest BCUT2D eigenvalue weighted by Crippen LogP contribution is 2.21. The van der Waals surface area contributed by atoms with Crippen molar-refractivity contribution in [3.05, 3.63) is 59.4 Å². The minimum absolute atomic E-state index is 0.0686. The van der Waals surface area contributed by atoms with Crippen LogP contribution in [0.3, 0.4) is 0 Å². The van der Waals surface area contributed by atoms with Crippen molar-refractivity contribution in [1.82, 2.24) is 19.8 Å². The van der Waals surface area contributed by atoms with E-state index in [2.05, 4.69) is 16.9 Å². The molecular formula is C21H29ClN4O2S2. The molecule has 1 N–H and O–H groups in total. The van der Waals surface area contributed by atoms with Crippen molar-refractivity contribution in [2.45, 2.75) is 44.8 Å². The molecule has 6 nitrogen and oxygen atoms in total. The minimum atomic E-state index is -3.66. The van der Waals surface area contributed by atoms with Crippen LogP contribution in [-0.2, 0) is 28.7 Å². The average molecular weight is 469 g/mol. The fraction of sp³-hybridized carbons (Fsp3) is 0.429. The zero-order valence-corrected chi connectivity index (χ0v) is 20.0. The molecule has 0 fully saturated rings. The molecule has 2 rings (SSSR count). The predicted octanol–water partition coefficient (Wildman–Crippen LogP) is 4.05. The summed E-state index contributed by atoms with van der Waals surface area (Å²) in [5.74, 6) is 0.0838. The predicted molar refractivity (Wildman–Crippen MR) is 126 cm³/mol. The SMILES string of the molecule is C=CCN(Cc1cnc(S(=O)(=O)Cc2cccc(Cl)c2)n1CC(C)C)C(=S)NCC. The van der Waals surface area contributed by atoms with Gasteiger partial charge in [0.15, 0.2) is 5.11 Å². The number of rotatable bonds is 10. The van der Waals surface area contributed by atoms with Crippen molar-refractivity contribution < 1.29 is 8.42 Å².